The van der Waals surface area contributed by atoms with Crippen LogP contribution in [0.25, 0.3) is 34.7 Å². The van der Waals surface area contributed by atoms with Gasteiger partial charge in [0.05, 0.1) is 23.0 Å². The van der Waals surface area contributed by atoms with Gasteiger partial charge in [-0.2, -0.15) is 5.10 Å². The fraction of sp³-hybridized carbons (Fsp3) is 0.100. The Labute approximate surface area is 223 Å². The number of aromatic amines is 1. The summed E-state index contributed by atoms with van der Waals surface area (Å²) in [5.74, 6) is -0.447. The van der Waals surface area contributed by atoms with E-state index >= 15 is 0 Å². The highest BCUT2D eigenvalue weighted by Gasteiger charge is 2.30. The van der Waals surface area contributed by atoms with E-state index in [0.29, 0.717) is 29.5 Å². The Morgan fingerprint density at radius 1 is 0.974 bits per heavy atom. The number of aromatic nitrogens is 4. The van der Waals surface area contributed by atoms with Crippen LogP contribution in [0.1, 0.15) is 55.2 Å². The smallest absolute Gasteiger partial charge is 0.335 e. The van der Waals surface area contributed by atoms with Crippen molar-refractivity contribution >= 4 is 24.0 Å². The number of aryl methyl sites for hydroxylation is 1. The predicted octanol–water partition coefficient (Wildman–Crippen LogP) is 5.33. The molecule has 0 saturated heterocycles. The molecule has 3 N–H and O–H groups in total. The van der Waals surface area contributed by atoms with Crippen molar-refractivity contribution < 1.29 is 19.1 Å². The number of rotatable bonds is 6. The number of carboxylic acid groups (broad SMARTS) is 1. The molecule has 0 fully saturated rings. The number of hydrogen-bond acceptors (Lipinski definition) is 6. The monoisotopic (exact) mass is 517 g/mol. The summed E-state index contributed by atoms with van der Waals surface area (Å²) in [6.07, 6.45) is 4.02. The maximum Gasteiger partial charge on any atom is 0.335 e. The Morgan fingerprint density at radius 3 is 2.54 bits per heavy atom. The van der Waals surface area contributed by atoms with Crippen LogP contribution in [0.15, 0.2) is 77.2 Å². The van der Waals surface area contributed by atoms with Crippen molar-refractivity contribution in [2.24, 2.45) is 0 Å². The fourth-order valence-electron chi connectivity index (χ4n) is 4.83. The van der Waals surface area contributed by atoms with Crippen molar-refractivity contribution in [3.8, 4) is 22.6 Å². The van der Waals surface area contributed by atoms with Gasteiger partial charge in [-0.15, -0.1) is 10.2 Å². The molecular formula is C30H23N5O4. The Hall–Kier alpha value is -5.31. The van der Waals surface area contributed by atoms with Gasteiger partial charge < -0.3 is 14.8 Å². The van der Waals surface area contributed by atoms with Crippen molar-refractivity contribution in [1.82, 2.24) is 25.7 Å². The minimum atomic E-state index is -1.01. The lowest BCUT2D eigenvalue weighted by molar-refractivity contribution is 0.0696. The summed E-state index contributed by atoms with van der Waals surface area (Å²) in [5, 5.41) is 28.4. The van der Waals surface area contributed by atoms with E-state index in [9.17, 15) is 14.7 Å². The third-order valence-electron chi connectivity index (χ3n) is 6.80. The summed E-state index contributed by atoms with van der Waals surface area (Å²) in [4.78, 5) is 24.4. The standard InChI is InChI=1S/C30H23N5O4/c1-17-6-5-9-21-22(17)16-24(31-28(21)36)27-26(18-10-12-20(13-11-18)30(37)38)23(32-34-27)14-15-25-33-35-29(39-25)19-7-3-2-4-8-19/h2-15,24H,16H2,1H3,(H,31,36)(H,32,34)(H,37,38)/b15-14+. The maximum absolute atomic E-state index is 13.0. The summed E-state index contributed by atoms with van der Waals surface area (Å²) < 4.78 is 5.80. The lowest BCUT2D eigenvalue weighted by Gasteiger charge is -2.27. The first-order valence-corrected chi connectivity index (χ1v) is 12.4. The molecule has 1 unspecified atom stereocenters. The van der Waals surface area contributed by atoms with Gasteiger partial charge in [-0.3, -0.25) is 9.89 Å². The molecular weight excluding hydrogens is 494 g/mol. The van der Waals surface area contributed by atoms with Crippen molar-refractivity contribution in [3.05, 3.63) is 112 Å². The van der Waals surface area contributed by atoms with Gasteiger partial charge in [0.2, 0.25) is 11.8 Å². The average molecular weight is 518 g/mol. The molecule has 1 aliphatic heterocycles. The zero-order valence-corrected chi connectivity index (χ0v) is 20.9. The Bertz CT molecular complexity index is 1720. The van der Waals surface area contributed by atoms with Gasteiger partial charge in [0.25, 0.3) is 5.91 Å². The van der Waals surface area contributed by atoms with E-state index in [1.54, 1.807) is 36.4 Å². The van der Waals surface area contributed by atoms with Crippen LogP contribution < -0.4 is 5.32 Å². The van der Waals surface area contributed by atoms with Gasteiger partial charge in [-0.1, -0.05) is 42.5 Å². The molecule has 1 aliphatic rings. The molecule has 5 aromatic rings. The zero-order valence-electron chi connectivity index (χ0n) is 20.9. The quantitative estimate of drug-likeness (QED) is 0.277. The molecule has 0 spiro atoms. The molecule has 1 atom stereocenters. The number of carbonyl (C=O) groups is 2. The van der Waals surface area contributed by atoms with Crippen LogP contribution in [0.2, 0.25) is 0 Å². The van der Waals surface area contributed by atoms with E-state index in [4.69, 9.17) is 4.42 Å². The summed E-state index contributed by atoms with van der Waals surface area (Å²) in [5.41, 5.74) is 6.49. The summed E-state index contributed by atoms with van der Waals surface area (Å²) in [6, 6.07) is 21.4. The molecule has 1 amide bonds. The number of aromatic carboxylic acids is 1. The maximum atomic E-state index is 13.0. The van der Waals surface area contributed by atoms with Crippen LogP contribution in [0.3, 0.4) is 0 Å². The number of hydrogen-bond donors (Lipinski definition) is 3. The molecule has 2 aromatic heterocycles. The van der Waals surface area contributed by atoms with E-state index in [1.807, 2.05) is 55.5 Å². The molecule has 9 nitrogen and oxygen atoms in total. The van der Waals surface area contributed by atoms with Crippen molar-refractivity contribution in [1.29, 1.82) is 0 Å². The molecule has 0 aliphatic carbocycles. The van der Waals surface area contributed by atoms with E-state index in [1.165, 1.54) is 0 Å². The normalized spacial score (nSPS) is 14.8. The summed E-state index contributed by atoms with van der Waals surface area (Å²) in [7, 11) is 0. The van der Waals surface area contributed by atoms with E-state index in [-0.39, 0.29) is 17.5 Å². The fourth-order valence-corrected chi connectivity index (χ4v) is 4.83. The van der Waals surface area contributed by atoms with Gasteiger partial charge >= 0.3 is 5.97 Å². The molecule has 3 heterocycles. The SMILES string of the molecule is Cc1cccc2c1CC(c1[nH]nc(/C=C/c3nnc(-c4ccccc4)o3)c1-c1ccc(C(=O)O)cc1)NC2=O. The molecule has 0 saturated carbocycles. The first kappa shape index (κ1) is 24.1. The minimum absolute atomic E-state index is 0.150. The number of H-pyrrole nitrogens is 1. The second-order valence-electron chi connectivity index (χ2n) is 9.26. The van der Waals surface area contributed by atoms with E-state index in [0.717, 1.165) is 33.5 Å². The van der Waals surface area contributed by atoms with Gasteiger partial charge in [-0.05, 0) is 66.4 Å². The second kappa shape index (κ2) is 9.86. The molecule has 0 bridgehead atoms. The number of carboxylic acids is 1. The molecule has 0 radical (unpaired) electrons. The van der Waals surface area contributed by atoms with Crippen molar-refractivity contribution in [2.45, 2.75) is 19.4 Å². The Morgan fingerprint density at radius 2 is 1.77 bits per heavy atom. The third kappa shape index (κ3) is 4.61. The van der Waals surface area contributed by atoms with Crippen LogP contribution in [-0.4, -0.2) is 37.4 Å². The van der Waals surface area contributed by atoms with Crippen LogP contribution in [0.5, 0.6) is 0 Å². The summed E-state index contributed by atoms with van der Waals surface area (Å²) >= 11 is 0. The van der Waals surface area contributed by atoms with Crippen LogP contribution in [0.4, 0.5) is 0 Å². The number of nitrogens with one attached hydrogen (secondary N) is 2. The number of carbonyl (C=O) groups excluding carboxylic acids is 1. The predicted molar refractivity (Wildman–Crippen MR) is 145 cm³/mol. The van der Waals surface area contributed by atoms with E-state index < -0.39 is 5.97 Å². The summed E-state index contributed by atoms with van der Waals surface area (Å²) in [6.45, 7) is 2.00. The molecule has 3 aromatic carbocycles. The molecule has 192 valence electrons. The second-order valence-corrected chi connectivity index (χ2v) is 9.26. The molecule has 39 heavy (non-hydrogen) atoms. The minimum Gasteiger partial charge on any atom is -0.478 e. The van der Waals surface area contributed by atoms with Gasteiger partial charge in [-0.25, -0.2) is 4.79 Å². The molecule has 9 heteroatoms. The number of nitrogens with zero attached hydrogens (tertiary/aromatic N) is 3. The Kier molecular flexibility index (Phi) is 6.08. The Balaban J connectivity index is 1.39. The number of amides is 1. The topological polar surface area (TPSA) is 134 Å². The number of fused-ring (bicyclic) bond motifs is 1. The highest BCUT2D eigenvalue weighted by Crippen LogP contribution is 2.35. The van der Waals surface area contributed by atoms with Crippen LogP contribution >= 0.6 is 0 Å². The highest BCUT2D eigenvalue weighted by atomic mass is 16.4. The molecule has 6 rings (SSSR count). The largest absolute Gasteiger partial charge is 0.478 e. The average Bonchev–Trinajstić information content (AvgIpc) is 3.60. The van der Waals surface area contributed by atoms with Crippen LogP contribution in [-0.2, 0) is 6.42 Å². The van der Waals surface area contributed by atoms with E-state index in [2.05, 4.69) is 25.7 Å². The zero-order chi connectivity index (χ0) is 26.9. The first-order chi connectivity index (χ1) is 19.0. The van der Waals surface area contributed by atoms with Gasteiger partial charge in [0.15, 0.2) is 0 Å². The van der Waals surface area contributed by atoms with Gasteiger partial charge in [0, 0.05) is 22.8 Å². The number of benzene rings is 3. The van der Waals surface area contributed by atoms with Crippen molar-refractivity contribution in [3.63, 3.8) is 0 Å². The van der Waals surface area contributed by atoms with Gasteiger partial charge in [0.1, 0.15) is 0 Å². The lowest BCUT2D eigenvalue weighted by Crippen LogP contribution is -2.36. The lowest BCUT2D eigenvalue weighted by atomic mass is 9.88. The highest BCUT2D eigenvalue weighted by molar-refractivity contribution is 5.97. The third-order valence-corrected chi connectivity index (χ3v) is 6.80. The van der Waals surface area contributed by atoms with Crippen molar-refractivity contribution in [2.75, 3.05) is 0 Å². The van der Waals surface area contributed by atoms with Crippen LogP contribution in [0, 0.1) is 6.92 Å². The first-order valence-electron chi connectivity index (χ1n) is 12.4.